The molecule has 140 valence electrons. The van der Waals surface area contributed by atoms with Crippen LogP contribution in [0.3, 0.4) is 0 Å². The molecule has 0 spiro atoms. The van der Waals surface area contributed by atoms with Crippen molar-refractivity contribution in [2.75, 3.05) is 7.11 Å². The fraction of sp³-hybridized carbons (Fsp3) is 0.556. The number of aromatic nitrogens is 1. The van der Waals surface area contributed by atoms with Gasteiger partial charge < -0.3 is 10.4 Å². The number of hydrogen-bond donors (Lipinski definition) is 4. The summed E-state index contributed by atoms with van der Waals surface area (Å²) >= 11 is 1.50. The molecule has 0 fully saturated rings. The number of carbonyl (C=O) groups is 1. The van der Waals surface area contributed by atoms with E-state index in [1.54, 1.807) is 0 Å². The number of hydrazine groups is 1. The molecule has 0 saturated carbocycles. The minimum Gasteiger partial charge on any atom is -0.400 e. The lowest BCUT2D eigenvalue weighted by Gasteiger charge is -2.22. The van der Waals surface area contributed by atoms with Gasteiger partial charge in [0.05, 0.1) is 0 Å². The molecular formula is C18H30N4O2S. The van der Waals surface area contributed by atoms with Crippen LogP contribution >= 0.6 is 11.9 Å². The van der Waals surface area contributed by atoms with E-state index in [4.69, 9.17) is 10.9 Å². The van der Waals surface area contributed by atoms with Crippen LogP contribution in [-0.4, -0.2) is 34.4 Å². The molecule has 0 bridgehead atoms. The molecule has 1 aromatic rings. The number of aliphatic hydroxyl groups excluding tert-OH is 1. The Balaban J connectivity index is 0.00000151. The number of aliphatic hydroxyl groups is 1. The number of rotatable bonds is 8. The predicted octanol–water partition coefficient (Wildman–Crippen LogP) is 2.35. The molecule has 0 radical (unpaired) electrons. The Kier molecular flexibility index (Phi) is 11.1. The number of aryl methyl sites for hydroxylation is 1. The van der Waals surface area contributed by atoms with Crippen molar-refractivity contribution in [3.63, 3.8) is 0 Å². The molecule has 25 heavy (non-hydrogen) atoms. The fourth-order valence-corrected chi connectivity index (χ4v) is 3.23. The van der Waals surface area contributed by atoms with Crippen LogP contribution in [0.1, 0.15) is 55.1 Å². The van der Waals surface area contributed by atoms with Gasteiger partial charge in [0.15, 0.2) is 0 Å². The van der Waals surface area contributed by atoms with Gasteiger partial charge in [0, 0.05) is 24.6 Å². The Bertz CT molecular complexity index is 522. The van der Waals surface area contributed by atoms with E-state index in [-0.39, 0.29) is 11.9 Å². The van der Waals surface area contributed by atoms with Gasteiger partial charge in [0.2, 0.25) is 0 Å². The third kappa shape index (κ3) is 8.00. The molecule has 1 aromatic heterocycles. The Hall–Kier alpha value is -1.41. The number of carbonyl (C=O) groups excluding carboxylic acids is 1. The van der Waals surface area contributed by atoms with Crippen LogP contribution in [0.15, 0.2) is 30.5 Å². The van der Waals surface area contributed by atoms with Gasteiger partial charge in [-0.05, 0) is 37.3 Å². The smallest absolute Gasteiger partial charge is 0.270 e. The Morgan fingerprint density at radius 2 is 2.12 bits per heavy atom. The molecule has 2 unspecified atom stereocenters. The van der Waals surface area contributed by atoms with E-state index in [2.05, 4.69) is 28.1 Å². The van der Waals surface area contributed by atoms with E-state index in [1.807, 2.05) is 24.4 Å². The highest BCUT2D eigenvalue weighted by atomic mass is 32.2. The molecule has 1 aliphatic carbocycles. The van der Waals surface area contributed by atoms with E-state index in [1.165, 1.54) is 36.8 Å². The second-order valence-electron chi connectivity index (χ2n) is 5.83. The molecule has 1 aliphatic rings. The topological polar surface area (TPSA) is 100 Å². The summed E-state index contributed by atoms with van der Waals surface area (Å²) in [6, 6.07) is 3.90. The summed E-state index contributed by atoms with van der Waals surface area (Å²) in [5.74, 6) is 5.19. The van der Waals surface area contributed by atoms with Crippen LogP contribution in [0.5, 0.6) is 0 Å². The Labute approximate surface area is 154 Å². The summed E-state index contributed by atoms with van der Waals surface area (Å²) in [5, 5.41) is 10.4. The van der Waals surface area contributed by atoms with Crippen LogP contribution in [0.4, 0.5) is 0 Å². The van der Waals surface area contributed by atoms with Gasteiger partial charge in [0.25, 0.3) is 5.91 Å². The number of nitrogens with zero attached hydrogens (tertiary/aromatic N) is 1. The molecule has 6 nitrogen and oxygen atoms in total. The van der Waals surface area contributed by atoms with Crippen LogP contribution in [0.25, 0.3) is 0 Å². The van der Waals surface area contributed by atoms with Gasteiger partial charge in [0.1, 0.15) is 5.69 Å². The standard InChI is InChI=1S/C17H26N4OS.CH4O/c1-2-3-4-5-13-6-11-16(19-12-13)17(22)20-14-7-9-15(10-8-14)23-21-18;1-2/h6-7,9,11-12,14-15,21H,2-5,8,10,18H2,1H3,(H,20,22);2H,1H3. The van der Waals surface area contributed by atoms with Crippen molar-refractivity contribution in [2.45, 2.75) is 56.7 Å². The highest BCUT2D eigenvalue weighted by molar-refractivity contribution is 7.98. The Morgan fingerprint density at radius 3 is 2.68 bits per heavy atom. The predicted molar refractivity (Wildman–Crippen MR) is 104 cm³/mol. The van der Waals surface area contributed by atoms with Crippen molar-refractivity contribution >= 4 is 17.9 Å². The number of amides is 1. The highest BCUT2D eigenvalue weighted by Gasteiger charge is 2.18. The summed E-state index contributed by atoms with van der Waals surface area (Å²) in [6.07, 6.45) is 12.5. The fourth-order valence-electron chi connectivity index (χ4n) is 2.63. The average molecular weight is 367 g/mol. The number of nitrogens with one attached hydrogen (secondary N) is 2. The third-order valence-corrected chi connectivity index (χ3v) is 4.81. The lowest BCUT2D eigenvalue weighted by Crippen LogP contribution is -2.36. The first-order valence-corrected chi connectivity index (χ1v) is 9.61. The quantitative estimate of drug-likeness (QED) is 0.185. The minimum absolute atomic E-state index is 0.0724. The lowest BCUT2D eigenvalue weighted by molar-refractivity contribution is 0.0937. The maximum Gasteiger partial charge on any atom is 0.270 e. The molecule has 0 saturated heterocycles. The normalized spacial score (nSPS) is 19.0. The van der Waals surface area contributed by atoms with Crippen LogP contribution in [0, 0.1) is 0 Å². The molecule has 2 rings (SSSR count). The maximum atomic E-state index is 12.2. The van der Waals surface area contributed by atoms with Gasteiger partial charge in [-0.3, -0.25) is 15.6 Å². The average Bonchev–Trinajstić information content (AvgIpc) is 2.66. The van der Waals surface area contributed by atoms with Crippen molar-refractivity contribution in [1.82, 2.24) is 15.1 Å². The van der Waals surface area contributed by atoms with Gasteiger partial charge in [-0.1, -0.05) is 49.9 Å². The first-order chi connectivity index (χ1) is 12.2. The molecule has 2 atom stereocenters. The van der Waals surface area contributed by atoms with E-state index < -0.39 is 0 Å². The zero-order chi connectivity index (χ0) is 18.5. The molecule has 0 aliphatic heterocycles. The summed E-state index contributed by atoms with van der Waals surface area (Å²) in [5.41, 5.74) is 1.68. The molecule has 1 amide bonds. The zero-order valence-corrected chi connectivity index (χ0v) is 15.9. The Morgan fingerprint density at radius 1 is 1.32 bits per heavy atom. The van der Waals surface area contributed by atoms with Gasteiger partial charge in [-0.25, -0.2) is 4.83 Å². The number of nitrogens with two attached hydrogens (primary N) is 1. The summed E-state index contributed by atoms with van der Waals surface area (Å²) < 4.78 is 0. The molecule has 7 heteroatoms. The monoisotopic (exact) mass is 366 g/mol. The van der Waals surface area contributed by atoms with Gasteiger partial charge in [-0.2, -0.15) is 0 Å². The van der Waals surface area contributed by atoms with E-state index in [0.29, 0.717) is 10.9 Å². The summed E-state index contributed by atoms with van der Waals surface area (Å²) in [7, 11) is 1.00. The van der Waals surface area contributed by atoms with E-state index in [0.717, 1.165) is 26.4 Å². The highest BCUT2D eigenvalue weighted by Crippen LogP contribution is 2.20. The van der Waals surface area contributed by atoms with Gasteiger partial charge >= 0.3 is 0 Å². The number of pyridine rings is 1. The largest absolute Gasteiger partial charge is 0.400 e. The summed E-state index contributed by atoms with van der Waals surface area (Å²) in [4.78, 5) is 19.2. The summed E-state index contributed by atoms with van der Waals surface area (Å²) in [6.45, 7) is 2.19. The zero-order valence-electron chi connectivity index (χ0n) is 15.1. The molecular weight excluding hydrogens is 336 g/mol. The van der Waals surface area contributed by atoms with Crippen molar-refractivity contribution in [2.24, 2.45) is 5.84 Å². The van der Waals surface area contributed by atoms with Gasteiger partial charge in [-0.15, -0.1) is 0 Å². The maximum absolute atomic E-state index is 12.2. The van der Waals surface area contributed by atoms with Crippen molar-refractivity contribution in [1.29, 1.82) is 0 Å². The second kappa shape index (κ2) is 12.9. The SMILES string of the molecule is CCCCCc1ccc(C(=O)NC2C=CC(SNN)CC2)nc1.CO. The van der Waals surface area contributed by atoms with Crippen LogP contribution < -0.4 is 16.0 Å². The number of hydrogen-bond acceptors (Lipinski definition) is 6. The van der Waals surface area contributed by atoms with E-state index in [9.17, 15) is 4.79 Å². The third-order valence-electron chi connectivity index (χ3n) is 3.98. The van der Waals surface area contributed by atoms with Crippen LogP contribution in [-0.2, 0) is 6.42 Å². The number of unbranched alkanes of at least 4 members (excludes halogenated alkanes) is 2. The van der Waals surface area contributed by atoms with E-state index >= 15 is 0 Å². The van der Waals surface area contributed by atoms with Crippen molar-refractivity contribution in [3.8, 4) is 0 Å². The molecule has 0 aromatic carbocycles. The van der Waals surface area contributed by atoms with Crippen molar-refractivity contribution in [3.05, 3.63) is 41.7 Å². The molecule has 5 N–H and O–H groups in total. The first kappa shape index (κ1) is 21.6. The molecule has 1 heterocycles. The first-order valence-electron chi connectivity index (χ1n) is 8.73. The second-order valence-corrected chi connectivity index (χ2v) is 6.90. The lowest BCUT2D eigenvalue weighted by atomic mass is 10.0. The van der Waals surface area contributed by atoms with Crippen molar-refractivity contribution < 1.29 is 9.90 Å². The van der Waals surface area contributed by atoms with Crippen LogP contribution in [0.2, 0.25) is 0 Å². The minimum atomic E-state index is -0.109.